The summed E-state index contributed by atoms with van der Waals surface area (Å²) in [7, 11) is 1.57. The molecule has 0 bridgehead atoms. The molecule has 1 aliphatic rings. The highest BCUT2D eigenvalue weighted by Crippen LogP contribution is 2.34. The molecule has 0 spiro atoms. The van der Waals surface area contributed by atoms with E-state index in [0.29, 0.717) is 5.75 Å². The fraction of sp³-hybridized carbons (Fsp3) is 0.300. The lowest BCUT2D eigenvalue weighted by Crippen LogP contribution is -2.47. The van der Waals surface area contributed by atoms with Gasteiger partial charge in [-0.1, -0.05) is 12.1 Å². The second kappa shape index (κ2) is 5.97. The molecule has 2 aromatic carbocycles. The summed E-state index contributed by atoms with van der Waals surface area (Å²) in [6.45, 7) is 3.90. The van der Waals surface area contributed by atoms with Gasteiger partial charge in [-0.3, -0.25) is 13.9 Å². The maximum absolute atomic E-state index is 14.3. The molecule has 0 unspecified atom stereocenters. The Bertz CT molecular complexity index is 1160. The van der Waals surface area contributed by atoms with E-state index in [2.05, 4.69) is 0 Å². The van der Waals surface area contributed by atoms with E-state index in [0.717, 1.165) is 5.56 Å². The van der Waals surface area contributed by atoms with Gasteiger partial charge in [-0.05, 0) is 43.7 Å². The molecule has 0 N–H and O–H groups in total. The van der Waals surface area contributed by atoms with Crippen molar-refractivity contribution in [3.05, 3.63) is 68.6 Å². The van der Waals surface area contributed by atoms with Crippen LogP contribution in [-0.2, 0) is 13.1 Å². The van der Waals surface area contributed by atoms with E-state index in [1.807, 2.05) is 0 Å². The average molecular weight is 370 g/mol. The van der Waals surface area contributed by atoms with Gasteiger partial charge in [-0.25, -0.2) is 9.18 Å². The summed E-state index contributed by atoms with van der Waals surface area (Å²) in [5.74, 6) is 0.0562. The molecular weight excluding hydrogens is 351 g/mol. The largest absolute Gasteiger partial charge is 0.497 e. The molecule has 0 atom stereocenters. The first kappa shape index (κ1) is 17.3. The smallest absolute Gasteiger partial charge is 0.332 e. The molecule has 0 saturated carbocycles. The van der Waals surface area contributed by atoms with Crippen LogP contribution >= 0.6 is 0 Å². The van der Waals surface area contributed by atoms with Crippen LogP contribution in [0.1, 0.15) is 19.4 Å². The van der Waals surface area contributed by atoms with Crippen molar-refractivity contribution in [2.45, 2.75) is 32.5 Å². The van der Waals surface area contributed by atoms with E-state index in [-0.39, 0.29) is 29.7 Å². The van der Waals surface area contributed by atoms with Crippen LogP contribution in [0.25, 0.3) is 10.9 Å². The fourth-order valence-electron chi connectivity index (χ4n) is 3.45. The van der Waals surface area contributed by atoms with Crippen molar-refractivity contribution in [2.24, 2.45) is 0 Å². The molecule has 6 nitrogen and oxygen atoms in total. The van der Waals surface area contributed by atoms with Crippen molar-refractivity contribution in [2.75, 3.05) is 7.11 Å². The van der Waals surface area contributed by atoms with Crippen molar-refractivity contribution >= 4 is 10.9 Å². The molecule has 7 heteroatoms. The fourth-order valence-corrected chi connectivity index (χ4v) is 3.45. The molecule has 0 aliphatic carbocycles. The summed E-state index contributed by atoms with van der Waals surface area (Å²) in [6, 6.07) is 9.75. The van der Waals surface area contributed by atoms with Crippen molar-refractivity contribution in [1.82, 2.24) is 9.13 Å². The van der Waals surface area contributed by atoms with Crippen LogP contribution in [0.3, 0.4) is 0 Å². The molecule has 1 aromatic heterocycles. The monoisotopic (exact) mass is 370 g/mol. The molecule has 0 radical (unpaired) electrons. The van der Waals surface area contributed by atoms with Gasteiger partial charge in [-0.15, -0.1) is 0 Å². The third-order valence-electron chi connectivity index (χ3n) is 4.71. The summed E-state index contributed by atoms with van der Waals surface area (Å²) in [5, 5.41) is 0.259. The van der Waals surface area contributed by atoms with E-state index < -0.39 is 22.7 Å². The Labute approximate surface area is 154 Å². The van der Waals surface area contributed by atoms with Crippen molar-refractivity contribution in [1.29, 1.82) is 0 Å². The Balaban J connectivity index is 1.94. The lowest BCUT2D eigenvalue weighted by molar-refractivity contribution is 0.0736. The van der Waals surface area contributed by atoms with E-state index in [4.69, 9.17) is 9.47 Å². The summed E-state index contributed by atoms with van der Waals surface area (Å²) >= 11 is 0. The number of nitrogens with zero attached hydrogens (tertiary/aromatic N) is 2. The zero-order valence-electron chi connectivity index (χ0n) is 15.3. The molecule has 0 fully saturated rings. The second-order valence-corrected chi connectivity index (χ2v) is 7.24. The second-order valence-electron chi connectivity index (χ2n) is 7.24. The average Bonchev–Trinajstić information content (AvgIpc) is 2.64. The molecule has 27 heavy (non-hydrogen) atoms. The quantitative estimate of drug-likeness (QED) is 0.711. The standard InChI is InChI=1S/C20H19FN2O4/c1-20(2)11-23-16-14(8-9-15(21)17(16)27-20)18(24)22(19(23)25)10-12-4-6-13(26-3)7-5-12/h4-9H,10-11H2,1-3H3. The topological polar surface area (TPSA) is 62.5 Å². The van der Waals surface area contributed by atoms with Gasteiger partial charge in [0.15, 0.2) is 11.6 Å². The number of ether oxygens (including phenoxy) is 2. The van der Waals surface area contributed by atoms with Gasteiger partial charge in [-0.2, -0.15) is 0 Å². The van der Waals surface area contributed by atoms with Gasteiger partial charge in [0.25, 0.3) is 5.56 Å². The Morgan fingerprint density at radius 2 is 1.85 bits per heavy atom. The van der Waals surface area contributed by atoms with E-state index in [1.54, 1.807) is 45.2 Å². The summed E-state index contributed by atoms with van der Waals surface area (Å²) in [5.41, 5.74) is -0.710. The van der Waals surface area contributed by atoms with Crippen molar-refractivity contribution in [3.8, 4) is 11.5 Å². The molecule has 1 aliphatic heterocycles. The normalized spacial score (nSPS) is 14.8. The highest BCUT2D eigenvalue weighted by atomic mass is 19.1. The summed E-state index contributed by atoms with van der Waals surface area (Å²) in [6.07, 6.45) is 0. The van der Waals surface area contributed by atoms with Gasteiger partial charge in [0.1, 0.15) is 16.9 Å². The first-order valence-electron chi connectivity index (χ1n) is 8.58. The first-order valence-corrected chi connectivity index (χ1v) is 8.58. The zero-order valence-corrected chi connectivity index (χ0v) is 15.3. The molecular formula is C20H19FN2O4. The molecule has 3 aromatic rings. The highest BCUT2D eigenvalue weighted by Gasteiger charge is 2.32. The van der Waals surface area contributed by atoms with Crippen LogP contribution in [0.4, 0.5) is 4.39 Å². The van der Waals surface area contributed by atoms with Crippen LogP contribution in [0, 0.1) is 5.82 Å². The number of rotatable bonds is 3. The molecule has 2 heterocycles. The molecule has 0 saturated heterocycles. The van der Waals surface area contributed by atoms with E-state index >= 15 is 0 Å². The first-order chi connectivity index (χ1) is 12.8. The Morgan fingerprint density at radius 3 is 2.52 bits per heavy atom. The number of benzene rings is 2. The highest BCUT2D eigenvalue weighted by molar-refractivity contribution is 5.85. The summed E-state index contributed by atoms with van der Waals surface area (Å²) < 4.78 is 27.8. The van der Waals surface area contributed by atoms with Gasteiger partial charge in [0, 0.05) is 0 Å². The maximum Gasteiger partial charge on any atom is 0.332 e. The number of hydrogen-bond acceptors (Lipinski definition) is 4. The minimum Gasteiger partial charge on any atom is -0.497 e. The van der Waals surface area contributed by atoms with Gasteiger partial charge >= 0.3 is 5.69 Å². The Kier molecular flexibility index (Phi) is 3.83. The predicted octanol–water partition coefficient (Wildman–Crippen LogP) is 2.53. The third kappa shape index (κ3) is 2.79. The predicted molar refractivity (Wildman–Crippen MR) is 99.2 cm³/mol. The zero-order chi connectivity index (χ0) is 19.3. The van der Waals surface area contributed by atoms with Crippen LogP contribution in [-0.4, -0.2) is 21.8 Å². The van der Waals surface area contributed by atoms with Crippen LogP contribution in [0.2, 0.25) is 0 Å². The number of methoxy groups -OCH3 is 1. The number of halogens is 1. The van der Waals surface area contributed by atoms with Crippen LogP contribution in [0.5, 0.6) is 11.5 Å². The Morgan fingerprint density at radius 1 is 1.15 bits per heavy atom. The van der Waals surface area contributed by atoms with Gasteiger partial charge < -0.3 is 9.47 Å². The maximum atomic E-state index is 14.3. The van der Waals surface area contributed by atoms with E-state index in [9.17, 15) is 14.0 Å². The van der Waals surface area contributed by atoms with Crippen LogP contribution in [0.15, 0.2) is 46.0 Å². The van der Waals surface area contributed by atoms with Gasteiger partial charge in [0.05, 0.1) is 25.6 Å². The lowest BCUT2D eigenvalue weighted by atomic mass is 10.1. The molecule has 4 rings (SSSR count). The van der Waals surface area contributed by atoms with Crippen molar-refractivity contribution in [3.63, 3.8) is 0 Å². The minimum absolute atomic E-state index is 0.0467. The van der Waals surface area contributed by atoms with E-state index in [1.165, 1.54) is 21.3 Å². The third-order valence-corrected chi connectivity index (χ3v) is 4.71. The molecule has 0 amide bonds. The number of hydrogen-bond donors (Lipinski definition) is 0. The van der Waals surface area contributed by atoms with Gasteiger partial charge in [0.2, 0.25) is 0 Å². The number of aromatic nitrogens is 2. The van der Waals surface area contributed by atoms with Crippen LogP contribution < -0.4 is 20.7 Å². The summed E-state index contributed by atoms with van der Waals surface area (Å²) in [4.78, 5) is 26.0. The Hall–Kier alpha value is -3.09. The lowest BCUT2D eigenvalue weighted by Gasteiger charge is -2.33. The minimum atomic E-state index is -0.770. The van der Waals surface area contributed by atoms with Crippen molar-refractivity contribution < 1.29 is 13.9 Å². The molecule has 140 valence electrons. The SMILES string of the molecule is COc1ccc(Cn2c(=O)c3ccc(F)c4c3n(c2=O)CC(C)(C)O4)cc1.